The van der Waals surface area contributed by atoms with E-state index in [9.17, 15) is 13.2 Å². The first-order valence-electron chi connectivity index (χ1n) is 8.03. The zero-order chi connectivity index (χ0) is 18.0. The Balaban J connectivity index is 1.81. The van der Waals surface area contributed by atoms with Gasteiger partial charge in [-0.25, -0.2) is 8.42 Å². The van der Waals surface area contributed by atoms with Gasteiger partial charge in [0, 0.05) is 17.3 Å². The number of nitrogens with one attached hydrogen (secondary N) is 1. The highest BCUT2D eigenvalue weighted by Crippen LogP contribution is 2.27. The number of anilines is 1. The van der Waals surface area contributed by atoms with Gasteiger partial charge >= 0.3 is 0 Å². The molecule has 0 radical (unpaired) electrons. The molecule has 1 unspecified atom stereocenters. The fourth-order valence-electron chi connectivity index (χ4n) is 2.91. The van der Waals surface area contributed by atoms with Crippen molar-refractivity contribution in [3.8, 4) is 0 Å². The summed E-state index contributed by atoms with van der Waals surface area (Å²) in [4.78, 5) is 12.8. The molecule has 1 fully saturated rings. The first-order valence-corrected chi connectivity index (χ1v) is 9.85. The van der Waals surface area contributed by atoms with Crippen LogP contribution in [0, 0.1) is 6.92 Å². The summed E-state index contributed by atoms with van der Waals surface area (Å²) in [6.45, 7) is 2.21. The van der Waals surface area contributed by atoms with E-state index in [0.717, 1.165) is 5.56 Å². The second-order valence-corrected chi connectivity index (χ2v) is 8.34. The summed E-state index contributed by atoms with van der Waals surface area (Å²) in [5.74, 6) is -0.336. The van der Waals surface area contributed by atoms with Crippen molar-refractivity contribution < 1.29 is 13.2 Å². The summed E-state index contributed by atoms with van der Waals surface area (Å²) in [5, 5.41) is 3.33. The van der Waals surface area contributed by atoms with E-state index in [4.69, 9.17) is 11.6 Å². The van der Waals surface area contributed by atoms with Gasteiger partial charge in [0.2, 0.25) is 15.9 Å². The molecule has 1 atom stereocenters. The van der Waals surface area contributed by atoms with Gasteiger partial charge in [0.15, 0.2) is 0 Å². The largest absolute Gasteiger partial charge is 0.325 e. The average Bonchev–Trinajstić information content (AvgIpc) is 3.10. The smallest absolute Gasteiger partial charge is 0.243 e. The molecule has 1 aliphatic heterocycles. The van der Waals surface area contributed by atoms with Gasteiger partial charge in [-0.2, -0.15) is 4.31 Å². The molecule has 0 saturated carbocycles. The maximum atomic E-state index is 12.8. The second-order valence-electron chi connectivity index (χ2n) is 6.04. The lowest BCUT2D eigenvalue weighted by atomic mass is 10.2. The molecule has 1 N–H and O–H groups in total. The van der Waals surface area contributed by atoms with Crippen molar-refractivity contribution in [1.82, 2.24) is 4.31 Å². The fraction of sp³-hybridized carbons (Fsp3) is 0.278. The number of aryl methyl sites for hydroxylation is 1. The van der Waals surface area contributed by atoms with Crippen LogP contribution in [-0.2, 0) is 14.8 Å². The predicted molar refractivity (Wildman–Crippen MR) is 98.2 cm³/mol. The van der Waals surface area contributed by atoms with Crippen LogP contribution in [0.4, 0.5) is 5.69 Å². The monoisotopic (exact) mass is 378 g/mol. The Hall–Kier alpha value is -1.89. The minimum absolute atomic E-state index is 0.202. The van der Waals surface area contributed by atoms with Crippen LogP contribution in [0.5, 0.6) is 0 Å². The van der Waals surface area contributed by atoms with Crippen molar-refractivity contribution >= 4 is 33.2 Å². The fourth-order valence-corrected chi connectivity index (χ4v) is 4.77. The predicted octanol–water partition coefficient (Wildman–Crippen LogP) is 3.44. The first-order chi connectivity index (χ1) is 11.9. The molecule has 0 aliphatic carbocycles. The van der Waals surface area contributed by atoms with Crippen molar-refractivity contribution in [2.24, 2.45) is 0 Å². The molecular weight excluding hydrogens is 360 g/mol. The Morgan fingerprint density at radius 2 is 1.92 bits per heavy atom. The van der Waals surface area contributed by atoms with Crippen LogP contribution in [0.25, 0.3) is 0 Å². The average molecular weight is 379 g/mol. The number of sulfonamides is 1. The normalized spacial score (nSPS) is 18.2. The van der Waals surface area contributed by atoms with E-state index in [1.807, 2.05) is 13.0 Å². The van der Waals surface area contributed by atoms with E-state index in [1.54, 1.807) is 42.5 Å². The lowest BCUT2D eigenvalue weighted by molar-refractivity contribution is -0.119. The van der Waals surface area contributed by atoms with Crippen LogP contribution in [0.2, 0.25) is 5.02 Å². The summed E-state index contributed by atoms with van der Waals surface area (Å²) >= 11 is 6.08. The zero-order valence-corrected chi connectivity index (χ0v) is 15.3. The first kappa shape index (κ1) is 17.9. The van der Waals surface area contributed by atoms with Crippen molar-refractivity contribution in [3.05, 3.63) is 59.1 Å². The van der Waals surface area contributed by atoms with E-state index in [2.05, 4.69) is 5.32 Å². The highest BCUT2D eigenvalue weighted by molar-refractivity contribution is 7.89. The van der Waals surface area contributed by atoms with Crippen LogP contribution in [0.3, 0.4) is 0 Å². The maximum absolute atomic E-state index is 12.8. The molecule has 0 spiro atoms. The van der Waals surface area contributed by atoms with Crippen molar-refractivity contribution in [2.75, 3.05) is 11.9 Å². The number of hydrogen-bond donors (Lipinski definition) is 1. The van der Waals surface area contributed by atoms with Gasteiger partial charge in [-0.1, -0.05) is 35.9 Å². The number of hydrogen-bond acceptors (Lipinski definition) is 3. The van der Waals surface area contributed by atoms with Gasteiger partial charge in [0.05, 0.1) is 4.90 Å². The lowest BCUT2D eigenvalue weighted by Gasteiger charge is -2.23. The molecule has 5 nitrogen and oxygen atoms in total. The minimum atomic E-state index is -3.69. The van der Waals surface area contributed by atoms with Gasteiger partial charge in [0.1, 0.15) is 6.04 Å². The van der Waals surface area contributed by atoms with E-state index in [1.165, 1.54) is 4.31 Å². The molecule has 2 aromatic carbocycles. The third kappa shape index (κ3) is 3.71. The highest BCUT2D eigenvalue weighted by atomic mass is 35.5. The Morgan fingerprint density at radius 3 is 2.60 bits per heavy atom. The molecule has 1 aliphatic rings. The quantitative estimate of drug-likeness (QED) is 0.886. The Bertz CT molecular complexity index is 884. The van der Waals surface area contributed by atoms with E-state index in [0.29, 0.717) is 30.1 Å². The number of benzene rings is 2. The molecule has 132 valence electrons. The number of halogens is 1. The van der Waals surface area contributed by atoms with E-state index in [-0.39, 0.29) is 10.8 Å². The molecular formula is C18H19ClN2O3S. The summed E-state index contributed by atoms with van der Waals surface area (Å²) in [7, 11) is -3.69. The maximum Gasteiger partial charge on any atom is 0.243 e. The van der Waals surface area contributed by atoms with Gasteiger partial charge in [0.25, 0.3) is 0 Å². The van der Waals surface area contributed by atoms with Crippen molar-refractivity contribution in [3.63, 3.8) is 0 Å². The Kier molecular flexibility index (Phi) is 5.13. The third-order valence-electron chi connectivity index (χ3n) is 4.30. The second kappa shape index (κ2) is 7.15. The number of carbonyl (C=O) groups excluding carboxylic acids is 1. The zero-order valence-electron chi connectivity index (χ0n) is 13.8. The van der Waals surface area contributed by atoms with Gasteiger partial charge < -0.3 is 5.32 Å². The summed E-state index contributed by atoms with van der Waals surface area (Å²) in [6, 6.07) is 12.7. The Labute approximate surface area is 152 Å². The molecule has 1 saturated heterocycles. The number of nitrogens with zero attached hydrogens (tertiary/aromatic N) is 1. The van der Waals surface area contributed by atoms with Crippen molar-refractivity contribution in [2.45, 2.75) is 30.7 Å². The van der Waals surface area contributed by atoms with Gasteiger partial charge in [-0.05, 0) is 49.6 Å². The minimum Gasteiger partial charge on any atom is -0.325 e. The standard InChI is InChI=1S/C18H19ClN2O3S/c1-13-9-10-14(12-16(13)19)20-18(22)17-8-5-11-21(17)25(23,24)15-6-3-2-4-7-15/h2-4,6-7,9-10,12,17H,5,8,11H2,1H3,(H,20,22). The topological polar surface area (TPSA) is 66.5 Å². The number of carbonyl (C=O) groups is 1. The van der Waals surface area contributed by atoms with Crippen LogP contribution in [-0.4, -0.2) is 31.2 Å². The summed E-state index contributed by atoms with van der Waals surface area (Å²) < 4.78 is 26.9. The van der Waals surface area contributed by atoms with Gasteiger partial charge in [-0.3, -0.25) is 4.79 Å². The van der Waals surface area contributed by atoms with Crippen molar-refractivity contribution in [1.29, 1.82) is 0 Å². The Morgan fingerprint density at radius 1 is 1.20 bits per heavy atom. The molecule has 25 heavy (non-hydrogen) atoms. The molecule has 0 aromatic heterocycles. The van der Waals surface area contributed by atoms with Crippen LogP contribution < -0.4 is 5.32 Å². The highest BCUT2D eigenvalue weighted by Gasteiger charge is 2.39. The lowest BCUT2D eigenvalue weighted by Crippen LogP contribution is -2.43. The molecule has 1 heterocycles. The third-order valence-corrected chi connectivity index (χ3v) is 6.63. The summed E-state index contributed by atoms with van der Waals surface area (Å²) in [5.41, 5.74) is 1.47. The van der Waals surface area contributed by atoms with E-state index >= 15 is 0 Å². The number of rotatable bonds is 4. The van der Waals surface area contributed by atoms with Gasteiger partial charge in [-0.15, -0.1) is 0 Å². The SMILES string of the molecule is Cc1ccc(NC(=O)C2CCCN2S(=O)(=O)c2ccccc2)cc1Cl. The molecule has 1 amide bonds. The number of amides is 1. The summed E-state index contributed by atoms with van der Waals surface area (Å²) in [6.07, 6.45) is 1.15. The molecule has 3 rings (SSSR count). The molecule has 0 bridgehead atoms. The van der Waals surface area contributed by atoms with Crippen LogP contribution in [0.15, 0.2) is 53.4 Å². The molecule has 7 heteroatoms. The molecule has 2 aromatic rings. The van der Waals surface area contributed by atoms with Crippen LogP contribution >= 0.6 is 11.6 Å². The van der Waals surface area contributed by atoms with Crippen LogP contribution in [0.1, 0.15) is 18.4 Å². The van der Waals surface area contributed by atoms with E-state index < -0.39 is 16.1 Å².